The molecule has 1 rings (SSSR count). The Morgan fingerprint density at radius 2 is 2.46 bits per heavy atom. The Bertz CT molecular complexity index is 407. The molecule has 7 heteroatoms. The lowest BCUT2D eigenvalue weighted by atomic mass is 10.6. The van der Waals surface area contributed by atoms with Crippen molar-refractivity contribution < 1.29 is 10.9 Å². The normalized spacial score (nSPS) is 11.6. The lowest BCUT2D eigenvalue weighted by molar-refractivity contribution is -0.134. The van der Waals surface area contributed by atoms with Gasteiger partial charge in [0.25, 0.3) is 0 Å². The lowest BCUT2D eigenvalue weighted by Crippen LogP contribution is -2.19. The number of tetrazole rings is 1. The number of carbonyl (C=O) groups is 1. The number of nitrogens with zero attached hydrogens (tertiary/aromatic N) is 4. The molecule has 0 saturated carbocycles. The van der Waals surface area contributed by atoms with E-state index >= 15 is 0 Å². The van der Waals surface area contributed by atoms with Gasteiger partial charge in [-0.3, -0.25) is 0 Å². The van der Waals surface area contributed by atoms with E-state index in [0.717, 1.165) is 21.6 Å². The molecule has 0 spiro atoms. The minimum atomic E-state index is -0.600. The van der Waals surface area contributed by atoms with Crippen LogP contribution < -0.4 is 5.69 Å². The third-order valence-corrected chi connectivity index (χ3v) is 1.21. The van der Waals surface area contributed by atoms with Crippen molar-refractivity contribution in [1.82, 2.24) is 19.8 Å². The fraction of sp³-hybridized carbons (Fsp3) is 0.333. The van der Waals surface area contributed by atoms with Crippen molar-refractivity contribution in [2.75, 3.05) is 7.11 Å². The molecule has 0 amide bonds. The molecule has 0 saturated heterocycles. The summed E-state index contributed by atoms with van der Waals surface area (Å²) in [5, 5.41) is 6.76. The maximum absolute atomic E-state index is 11.2. The zero-order valence-corrected chi connectivity index (χ0v) is 6.88. The summed E-state index contributed by atoms with van der Waals surface area (Å²) < 4.78 is 12.9. The SMILES string of the molecule is [2H]Cn1nnn(/C=C/C(=O)OC)c1=O. The molecule has 0 unspecified atom stereocenters. The van der Waals surface area contributed by atoms with Crippen LogP contribution in [0.3, 0.4) is 0 Å². The molecule has 1 aromatic heterocycles. The summed E-state index contributed by atoms with van der Waals surface area (Å²) in [7, 11) is 0.904. The maximum Gasteiger partial charge on any atom is 0.367 e. The van der Waals surface area contributed by atoms with Crippen molar-refractivity contribution in [3.63, 3.8) is 0 Å². The molecule has 1 heterocycles. The van der Waals surface area contributed by atoms with Gasteiger partial charge in [0.15, 0.2) is 0 Å². The highest BCUT2D eigenvalue weighted by Gasteiger charge is 1.99. The first-order chi connectivity index (χ1) is 6.69. The molecule has 0 atom stereocenters. The van der Waals surface area contributed by atoms with Crippen LogP contribution in [0.25, 0.3) is 6.20 Å². The molecule has 0 fully saturated rings. The molecule has 0 aliphatic rings. The number of aromatic nitrogens is 4. The van der Waals surface area contributed by atoms with E-state index in [2.05, 4.69) is 15.2 Å². The van der Waals surface area contributed by atoms with Gasteiger partial charge in [-0.2, -0.15) is 9.36 Å². The Labute approximate surface area is 74.6 Å². The van der Waals surface area contributed by atoms with Gasteiger partial charge >= 0.3 is 11.7 Å². The van der Waals surface area contributed by atoms with Crippen molar-refractivity contribution in [3.05, 3.63) is 16.6 Å². The van der Waals surface area contributed by atoms with Gasteiger partial charge in [-0.25, -0.2) is 9.59 Å². The smallest absolute Gasteiger partial charge is 0.367 e. The van der Waals surface area contributed by atoms with Crippen LogP contribution in [0.5, 0.6) is 0 Å². The van der Waals surface area contributed by atoms with E-state index in [0.29, 0.717) is 0 Å². The summed E-state index contributed by atoms with van der Waals surface area (Å²) >= 11 is 0. The minimum Gasteiger partial charge on any atom is -0.466 e. The molecule has 70 valence electrons. The first-order valence-electron chi connectivity index (χ1n) is 3.97. The van der Waals surface area contributed by atoms with Crippen LogP contribution in [0.15, 0.2) is 10.9 Å². The van der Waals surface area contributed by atoms with Crippen LogP contribution in [0.4, 0.5) is 0 Å². The van der Waals surface area contributed by atoms with Gasteiger partial charge in [0.1, 0.15) is 0 Å². The van der Waals surface area contributed by atoms with E-state index in [1.807, 2.05) is 0 Å². The number of methoxy groups -OCH3 is 1. The van der Waals surface area contributed by atoms with Gasteiger partial charge in [0.2, 0.25) is 0 Å². The molecule has 1 aromatic rings. The van der Waals surface area contributed by atoms with Crippen molar-refractivity contribution in [3.8, 4) is 0 Å². The van der Waals surface area contributed by atoms with Gasteiger partial charge in [0.05, 0.1) is 7.11 Å². The second-order valence-electron chi connectivity index (χ2n) is 2.04. The molecule has 13 heavy (non-hydrogen) atoms. The third-order valence-electron chi connectivity index (χ3n) is 1.21. The van der Waals surface area contributed by atoms with Crippen molar-refractivity contribution in [1.29, 1.82) is 0 Å². The fourth-order valence-corrected chi connectivity index (χ4v) is 0.579. The van der Waals surface area contributed by atoms with Crippen LogP contribution >= 0.6 is 0 Å². The Kier molecular flexibility index (Phi) is 2.17. The summed E-state index contributed by atoms with van der Waals surface area (Å²) in [5.74, 6) is -0.600. The quantitative estimate of drug-likeness (QED) is 0.419. The minimum absolute atomic E-state index is 0.315. The number of carbonyl (C=O) groups excluding carboxylic acids is 1. The predicted octanol–water partition coefficient (Wildman–Crippen LogP) is -1.38. The first-order valence-corrected chi connectivity index (χ1v) is 3.26. The van der Waals surface area contributed by atoms with Crippen molar-refractivity contribution >= 4 is 12.2 Å². The van der Waals surface area contributed by atoms with E-state index in [-0.39, 0.29) is 7.02 Å². The number of aryl methyl sites for hydroxylation is 1. The molecule has 0 N–H and O–H groups in total. The molecule has 7 nitrogen and oxygen atoms in total. The lowest BCUT2D eigenvalue weighted by Gasteiger charge is -1.88. The summed E-state index contributed by atoms with van der Waals surface area (Å²) in [5.41, 5.74) is -0.583. The van der Waals surface area contributed by atoms with Crippen LogP contribution in [0.2, 0.25) is 0 Å². The van der Waals surface area contributed by atoms with Gasteiger partial charge in [-0.05, 0) is 10.4 Å². The summed E-state index contributed by atoms with van der Waals surface area (Å²) in [6.07, 6.45) is 2.15. The van der Waals surface area contributed by atoms with Crippen LogP contribution in [-0.2, 0) is 16.6 Å². The maximum atomic E-state index is 11.2. The van der Waals surface area contributed by atoms with Crippen LogP contribution in [0.1, 0.15) is 1.37 Å². The van der Waals surface area contributed by atoms with Gasteiger partial charge in [-0.15, -0.1) is 0 Å². The highest BCUT2D eigenvalue weighted by molar-refractivity contribution is 5.84. The Morgan fingerprint density at radius 1 is 1.69 bits per heavy atom. The standard InChI is InChI=1S/C6H8N4O3/c1-9-6(12)10(8-7-9)4-3-5(11)13-2/h3-4H,1-2H3/b4-3+/i1D. The average molecular weight is 185 g/mol. The van der Waals surface area contributed by atoms with Gasteiger partial charge in [-0.1, -0.05) is 0 Å². The molecule has 0 bridgehead atoms. The predicted molar refractivity (Wildman–Crippen MR) is 42.6 cm³/mol. The Hall–Kier alpha value is -1.92. The van der Waals surface area contributed by atoms with E-state index in [1.54, 1.807) is 0 Å². The molecule has 0 aliphatic heterocycles. The van der Waals surface area contributed by atoms with Crippen molar-refractivity contribution in [2.45, 2.75) is 0 Å². The molecule has 0 aliphatic carbocycles. The second-order valence-corrected chi connectivity index (χ2v) is 2.04. The van der Waals surface area contributed by atoms with Gasteiger partial charge in [0, 0.05) is 20.7 Å². The molecule has 0 aromatic carbocycles. The highest BCUT2D eigenvalue weighted by atomic mass is 16.5. The monoisotopic (exact) mass is 185 g/mol. The molecular weight excluding hydrogens is 176 g/mol. The summed E-state index contributed by atoms with van der Waals surface area (Å²) in [6.45, 7) is 0. The molecule has 0 radical (unpaired) electrons. The largest absolute Gasteiger partial charge is 0.466 e. The zero-order valence-electron chi connectivity index (χ0n) is 7.88. The number of esters is 1. The fourth-order valence-electron chi connectivity index (χ4n) is 0.579. The molecular formula is C6H8N4O3. The summed E-state index contributed by atoms with van der Waals surface area (Å²) in [4.78, 5) is 21.8. The zero-order chi connectivity index (χ0) is 10.6. The number of ether oxygens (including phenoxy) is 1. The average Bonchev–Trinajstić information content (AvgIpc) is 2.56. The number of hydrogen-bond acceptors (Lipinski definition) is 5. The van der Waals surface area contributed by atoms with E-state index < -0.39 is 11.7 Å². The van der Waals surface area contributed by atoms with E-state index in [1.165, 1.54) is 7.11 Å². The first kappa shape index (κ1) is 7.71. The Morgan fingerprint density at radius 3 is 3.00 bits per heavy atom. The topological polar surface area (TPSA) is 79.0 Å². The number of rotatable bonds is 2. The summed E-state index contributed by atoms with van der Waals surface area (Å²) in [6, 6.07) is 0. The van der Waals surface area contributed by atoms with Crippen LogP contribution in [0, 0.1) is 0 Å². The van der Waals surface area contributed by atoms with Crippen LogP contribution in [-0.4, -0.2) is 32.9 Å². The third kappa shape index (κ3) is 2.01. The highest BCUT2D eigenvalue weighted by Crippen LogP contribution is 1.79. The van der Waals surface area contributed by atoms with Crippen molar-refractivity contribution in [2.24, 2.45) is 7.02 Å². The van der Waals surface area contributed by atoms with E-state index in [9.17, 15) is 9.59 Å². The second kappa shape index (κ2) is 3.65. The van der Waals surface area contributed by atoms with E-state index in [4.69, 9.17) is 1.37 Å². The number of hydrogen-bond donors (Lipinski definition) is 0. The van der Waals surface area contributed by atoms with Gasteiger partial charge < -0.3 is 4.74 Å². The Balaban J connectivity index is 2.88.